The molecular formula is C16H26N4O2. The average molecular weight is 306 g/mol. The lowest BCUT2D eigenvalue weighted by Gasteiger charge is -2.40. The smallest absolute Gasteiger partial charge is 0.225 e. The highest BCUT2D eigenvalue weighted by Gasteiger charge is 2.37. The Labute approximate surface area is 131 Å². The van der Waals surface area contributed by atoms with Crippen LogP contribution in [0.25, 0.3) is 0 Å². The van der Waals surface area contributed by atoms with E-state index < -0.39 is 0 Å². The molecule has 0 saturated carbocycles. The first-order valence-electron chi connectivity index (χ1n) is 8.35. The molecule has 1 aromatic rings. The van der Waals surface area contributed by atoms with Crippen LogP contribution in [0, 0.1) is 11.8 Å². The molecule has 0 unspecified atom stereocenters. The standard InChI is InChI=1S/C16H26N4O2/c1-3-17-16(21)14-9-19(10-14)8-12-5-6-22-15(12)13-7-18-20(4-2)11-13/h7,11-12,14-15H,3-6,8-10H2,1-2H3,(H,17,21)/t12-,15+/m0/s1. The number of nitrogens with zero attached hydrogens (tertiary/aromatic N) is 3. The highest BCUT2D eigenvalue weighted by atomic mass is 16.5. The van der Waals surface area contributed by atoms with E-state index in [1.54, 1.807) is 0 Å². The molecule has 3 heterocycles. The maximum absolute atomic E-state index is 11.8. The fourth-order valence-electron chi connectivity index (χ4n) is 3.42. The first kappa shape index (κ1) is 15.5. The van der Waals surface area contributed by atoms with Gasteiger partial charge in [0.1, 0.15) is 0 Å². The summed E-state index contributed by atoms with van der Waals surface area (Å²) in [5, 5.41) is 7.26. The third kappa shape index (κ3) is 3.17. The van der Waals surface area contributed by atoms with Gasteiger partial charge in [-0.05, 0) is 20.3 Å². The van der Waals surface area contributed by atoms with E-state index in [0.717, 1.165) is 45.8 Å². The monoisotopic (exact) mass is 306 g/mol. The average Bonchev–Trinajstić information content (AvgIpc) is 3.10. The van der Waals surface area contributed by atoms with Gasteiger partial charge in [-0.25, -0.2) is 0 Å². The number of ether oxygens (including phenoxy) is 1. The summed E-state index contributed by atoms with van der Waals surface area (Å²) in [6.07, 6.45) is 5.27. The molecule has 2 saturated heterocycles. The molecule has 2 aliphatic heterocycles. The number of amides is 1. The van der Waals surface area contributed by atoms with Crippen molar-refractivity contribution in [3.8, 4) is 0 Å². The Kier molecular flexibility index (Phi) is 4.78. The van der Waals surface area contributed by atoms with Gasteiger partial charge in [-0.15, -0.1) is 0 Å². The van der Waals surface area contributed by atoms with Crippen molar-refractivity contribution < 1.29 is 9.53 Å². The zero-order valence-corrected chi connectivity index (χ0v) is 13.5. The Balaban J connectivity index is 1.51. The van der Waals surface area contributed by atoms with Crippen LogP contribution in [0.4, 0.5) is 0 Å². The van der Waals surface area contributed by atoms with Crippen LogP contribution in [0.3, 0.4) is 0 Å². The normalized spacial score (nSPS) is 26.1. The summed E-state index contributed by atoms with van der Waals surface area (Å²) in [7, 11) is 0. The van der Waals surface area contributed by atoms with E-state index in [4.69, 9.17) is 4.74 Å². The second-order valence-corrected chi connectivity index (χ2v) is 6.28. The topological polar surface area (TPSA) is 59.4 Å². The molecule has 6 heteroatoms. The van der Waals surface area contributed by atoms with Crippen LogP contribution in [-0.4, -0.2) is 53.4 Å². The van der Waals surface area contributed by atoms with Crippen LogP contribution in [-0.2, 0) is 16.1 Å². The molecule has 1 N–H and O–H groups in total. The largest absolute Gasteiger partial charge is 0.373 e. The summed E-state index contributed by atoms with van der Waals surface area (Å²) < 4.78 is 7.88. The van der Waals surface area contributed by atoms with Gasteiger partial charge in [0.05, 0.1) is 18.2 Å². The van der Waals surface area contributed by atoms with Crippen molar-refractivity contribution in [3.63, 3.8) is 0 Å². The minimum absolute atomic E-state index is 0.156. The van der Waals surface area contributed by atoms with Crippen molar-refractivity contribution in [1.29, 1.82) is 0 Å². The molecular weight excluding hydrogens is 280 g/mol. The van der Waals surface area contributed by atoms with Gasteiger partial charge < -0.3 is 15.0 Å². The lowest BCUT2D eigenvalue weighted by molar-refractivity contribution is -0.130. The third-order valence-corrected chi connectivity index (χ3v) is 4.69. The summed E-state index contributed by atoms with van der Waals surface area (Å²) >= 11 is 0. The zero-order valence-electron chi connectivity index (χ0n) is 13.5. The molecule has 0 radical (unpaired) electrons. The summed E-state index contributed by atoms with van der Waals surface area (Å²) in [4.78, 5) is 14.1. The highest BCUT2D eigenvalue weighted by molar-refractivity contribution is 5.79. The van der Waals surface area contributed by atoms with Gasteiger partial charge in [0.15, 0.2) is 0 Å². The molecule has 0 aliphatic carbocycles. The molecule has 22 heavy (non-hydrogen) atoms. The number of nitrogens with one attached hydrogen (secondary N) is 1. The van der Waals surface area contributed by atoms with E-state index in [1.165, 1.54) is 5.56 Å². The number of aromatic nitrogens is 2. The molecule has 2 atom stereocenters. The fourth-order valence-corrected chi connectivity index (χ4v) is 3.42. The second kappa shape index (κ2) is 6.79. The van der Waals surface area contributed by atoms with Crippen molar-refractivity contribution in [3.05, 3.63) is 18.0 Å². The predicted octanol–water partition coefficient (Wildman–Crippen LogP) is 1.05. The Morgan fingerprint density at radius 3 is 2.95 bits per heavy atom. The molecule has 1 amide bonds. The molecule has 2 fully saturated rings. The number of hydrogen-bond acceptors (Lipinski definition) is 4. The number of likely N-dealkylation sites (tertiary alicyclic amines) is 1. The number of carbonyl (C=O) groups is 1. The van der Waals surface area contributed by atoms with Gasteiger partial charge in [0, 0.05) is 57.0 Å². The summed E-state index contributed by atoms with van der Waals surface area (Å²) in [6.45, 7) is 9.24. The van der Waals surface area contributed by atoms with Gasteiger partial charge in [-0.1, -0.05) is 0 Å². The molecule has 2 aliphatic rings. The van der Waals surface area contributed by atoms with Crippen LogP contribution in [0.2, 0.25) is 0 Å². The number of carbonyl (C=O) groups excluding carboxylic acids is 1. The molecule has 0 bridgehead atoms. The lowest BCUT2D eigenvalue weighted by atomic mass is 9.92. The first-order valence-corrected chi connectivity index (χ1v) is 8.35. The van der Waals surface area contributed by atoms with Crippen molar-refractivity contribution in [1.82, 2.24) is 20.0 Å². The summed E-state index contributed by atoms with van der Waals surface area (Å²) in [5.41, 5.74) is 1.19. The predicted molar refractivity (Wildman–Crippen MR) is 83.3 cm³/mol. The van der Waals surface area contributed by atoms with Gasteiger partial charge >= 0.3 is 0 Å². The number of hydrogen-bond donors (Lipinski definition) is 1. The Hall–Kier alpha value is -1.40. The van der Waals surface area contributed by atoms with E-state index in [1.807, 2.05) is 17.8 Å². The minimum atomic E-state index is 0.156. The van der Waals surface area contributed by atoms with Crippen molar-refractivity contribution in [2.45, 2.75) is 32.9 Å². The Morgan fingerprint density at radius 2 is 2.27 bits per heavy atom. The van der Waals surface area contributed by atoms with Gasteiger partial charge in [0.2, 0.25) is 5.91 Å². The second-order valence-electron chi connectivity index (χ2n) is 6.28. The summed E-state index contributed by atoms with van der Waals surface area (Å²) in [5.74, 6) is 0.871. The van der Waals surface area contributed by atoms with E-state index in [-0.39, 0.29) is 17.9 Å². The molecule has 122 valence electrons. The van der Waals surface area contributed by atoms with Crippen LogP contribution in [0.5, 0.6) is 0 Å². The third-order valence-electron chi connectivity index (χ3n) is 4.69. The van der Waals surface area contributed by atoms with Crippen molar-refractivity contribution in [2.75, 3.05) is 32.8 Å². The molecule has 3 rings (SSSR count). The minimum Gasteiger partial charge on any atom is -0.373 e. The Bertz CT molecular complexity index is 510. The van der Waals surface area contributed by atoms with E-state index in [9.17, 15) is 4.79 Å². The van der Waals surface area contributed by atoms with Crippen molar-refractivity contribution >= 4 is 5.91 Å². The Morgan fingerprint density at radius 1 is 1.45 bits per heavy atom. The maximum Gasteiger partial charge on any atom is 0.225 e. The maximum atomic E-state index is 11.8. The van der Waals surface area contributed by atoms with Crippen LogP contribution < -0.4 is 5.32 Å². The zero-order chi connectivity index (χ0) is 15.5. The van der Waals surface area contributed by atoms with Crippen molar-refractivity contribution in [2.24, 2.45) is 11.8 Å². The van der Waals surface area contributed by atoms with E-state index in [0.29, 0.717) is 5.92 Å². The van der Waals surface area contributed by atoms with Crippen LogP contribution in [0.1, 0.15) is 31.9 Å². The molecule has 1 aromatic heterocycles. The molecule has 0 aromatic carbocycles. The SMILES string of the molecule is CCNC(=O)C1CN(C[C@@H]2CCO[C@H]2c2cnn(CC)c2)C1. The van der Waals surface area contributed by atoms with E-state index in [2.05, 4.69) is 28.4 Å². The highest BCUT2D eigenvalue weighted by Crippen LogP contribution is 2.36. The molecule has 6 nitrogen and oxygen atoms in total. The lowest BCUT2D eigenvalue weighted by Crippen LogP contribution is -2.54. The van der Waals surface area contributed by atoms with E-state index >= 15 is 0 Å². The van der Waals surface area contributed by atoms with Crippen LogP contribution in [0.15, 0.2) is 12.4 Å². The quantitative estimate of drug-likeness (QED) is 0.853. The first-order chi connectivity index (χ1) is 10.7. The summed E-state index contributed by atoms with van der Waals surface area (Å²) in [6, 6.07) is 0. The fraction of sp³-hybridized carbons (Fsp3) is 0.750. The number of aryl methyl sites for hydroxylation is 1. The van der Waals surface area contributed by atoms with Gasteiger partial charge in [0.25, 0.3) is 0 Å². The number of rotatable bonds is 6. The van der Waals surface area contributed by atoms with Gasteiger partial charge in [-0.2, -0.15) is 5.10 Å². The van der Waals surface area contributed by atoms with Crippen LogP contribution >= 0.6 is 0 Å². The molecule has 0 spiro atoms. The van der Waals surface area contributed by atoms with Gasteiger partial charge in [-0.3, -0.25) is 9.48 Å².